The van der Waals surface area contributed by atoms with Gasteiger partial charge in [0.15, 0.2) is 11.3 Å². The summed E-state index contributed by atoms with van der Waals surface area (Å²) in [6, 6.07) is 14.7. The van der Waals surface area contributed by atoms with Crippen molar-refractivity contribution < 1.29 is 18.9 Å². The first kappa shape index (κ1) is 21.3. The molecule has 8 nitrogen and oxygen atoms in total. The fourth-order valence-corrected chi connectivity index (χ4v) is 3.35. The molecule has 0 aliphatic carbocycles. The lowest BCUT2D eigenvalue weighted by Gasteiger charge is -2.10. The van der Waals surface area contributed by atoms with Crippen molar-refractivity contribution in [1.29, 1.82) is 0 Å². The second kappa shape index (κ2) is 8.68. The van der Waals surface area contributed by atoms with Gasteiger partial charge in [-0.2, -0.15) is 0 Å². The number of fused-ring (bicyclic) bond motifs is 1. The summed E-state index contributed by atoms with van der Waals surface area (Å²) in [6.07, 6.45) is 0. The van der Waals surface area contributed by atoms with E-state index in [4.69, 9.17) is 20.8 Å². The van der Waals surface area contributed by atoms with Gasteiger partial charge >= 0.3 is 5.69 Å². The molecule has 0 atom stereocenters. The number of nitro groups is 1. The average molecular weight is 452 g/mol. The number of nitrogens with one attached hydrogen (secondary N) is 1. The number of nitrogens with zero attached hydrogens (tertiary/aromatic N) is 2. The van der Waals surface area contributed by atoms with Crippen LogP contribution in [0.4, 0.5) is 11.4 Å². The summed E-state index contributed by atoms with van der Waals surface area (Å²) < 4.78 is 11.1. The van der Waals surface area contributed by atoms with Crippen LogP contribution in [0.25, 0.3) is 22.6 Å². The van der Waals surface area contributed by atoms with Crippen LogP contribution in [0.15, 0.2) is 59.0 Å². The number of hydrogen-bond donors (Lipinski definition) is 1. The highest BCUT2D eigenvalue weighted by atomic mass is 35.5. The Labute approximate surface area is 187 Å². The minimum atomic E-state index is -0.593. The quantitative estimate of drug-likeness (QED) is 0.284. The van der Waals surface area contributed by atoms with Crippen molar-refractivity contribution in [3.63, 3.8) is 0 Å². The van der Waals surface area contributed by atoms with Crippen molar-refractivity contribution in [2.45, 2.75) is 13.8 Å². The molecule has 0 saturated carbocycles. The van der Waals surface area contributed by atoms with Crippen molar-refractivity contribution in [1.82, 2.24) is 4.98 Å². The largest absolute Gasteiger partial charge is 0.487 e. The highest BCUT2D eigenvalue weighted by Crippen LogP contribution is 2.32. The molecule has 9 heteroatoms. The fraction of sp³-hybridized carbons (Fsp3) is 0.130. The summed E-state index contributed by atoms with van der Waals surface area (Å²) >= 11 is 6.27. The third-order valence-electron chi connectivity index (χ3n) is 4.72. The molecule has 162 valence electrons. The highest BCUT2D eigenvalue weighted by Gasteiger charge is 2.20. The van der Waals surface area contributed by atoms with Gasteiger partial charge in [-0.3, -0.25) is 14.9 Å². The fourth-order valence-electron chi connectivity index (χ4n) is 3.19. The molecule has 1 amide bonds. The molecular formula is C23H18ClN3O5. The van der Waals surface area contributed by atoms with E-state index in [1.165, 1.54) is 18.2 Å². The van der Waals surface area contributed by atoms with E-state index in [0.29, 0.717) is 27.7 Å². The Balaban J connectivity index is 1.63. The molecule has 0 bridgehead atoms. The lowest BCUT2D eigenvalue weighted by Crippen LogP contribution is -2.13. The van der Waals surface area contributed by atoms with E-state index in [1.807, 2.05) is 25.1 Å². The molecule has 4 rings (SSSR count). The Morgan fingerprint density at radius 2 is 2.00 bits per heavy atom. The Morgan fingerprint density at radius 1 is 1.19 bits per heavy atom. The van der Waals surface area contributed by atoms with Crippen molar-refractivity contribution >= 4 is 40.0 Å². The zero-order valence-corrected chi connectivity index (χ0v) is 18.0. The van der Waals surface area contributed by atoms with Crippen LogP contribution in [0.3, 0.4) is 0 Å². The normalized spacial score (nSPS) is 10.8. The van der Waals surface area contributed by atoms with Crippen LogP contribution in [-0.4, -0.2) is 22.4 Å². The zero-order chi connectivity index (χ0) is 22.8. The topological polar surface area (TPSA) is 108 Å². The number of carbonyl (C=O) groups excluding carboxylic acids is 1. The Bertz CT molecular complexity index is 1350. The van der Waals surface area contributed by atoms with E-state index in [-0.39, 0.29) is 23.6 Å². The smallest absolute Gasteiger partial charge is 0.311 e. The maximum absolute atomic E-state index is 12.8. The lowest BCUT2D eigenvalue weighted by molar-refractivity contribution is -0.385. The summed E-state index contributed by atoms with van der Waals surface area (Å²) in [5.74, 6) is -0.0712. The summed E-state index contributed by atoms with van der Waals surface area (Å²) in [5.41, 5.74) is 3.18. The number of aryl methyl sites for hydroxylation is 1. The van der Waals surface area contributed by atoms with E-state index >= 15 is 0 Å². The van der Waals surface area contributed by atoms with Crippen molar-refractivity contribution in [3.8, 4) is 17.2 Å². The van der Waals surface area contributed by atoms with Gasteiger partial charge in [0, 0.05) is 17.2 Å². The van der Waals surface area contributed by atoms with Crippen LogP contribution in [0.2, 0.25) is 5.02 Å². The number of oxazole rings is 1. The van der Waals surface area contributed by atoms with Gasteiger partial charge in [0.25, 0.3) is 5.91 Å². The molecule has 3 aromatic carbocycles. The maximum Gasteiger partial charge on any atom is 0.311 e. The third kappa shape index (κ3) is 4.26. The molecule has 1 aromatic heterocycles. The van der Waals surface area contributed by atoms with E-state index in [1.54, 1.807) is 25.1 Å². The number of aromatic nitrogens is 1. The van der Waals surface area contributed by atoms with Crippen molar-refractivity contribution in [3.05, 3.63) is 80.9 Å². The van der Waals surface area contributed by atoms with Crippen LogP contribution < -0.4 is 10.1 Å². The molecular weight excluding hydrogens is 434 g/mol. The van der Waals surface area contributed by atoms with Gasteiger partial charge in [-0.25, -0.2) is 4.98 Å². The van der Waals surface area contributed by atoms with Gasteiger partial charge in [0.1, 0.15) is 5.52 Å². The lowest BCUT2D eigenvalue weighted by atomic mass is 10.1. The second-order valence-corrected chi connectivity index (χ2v) is 7.42. The van der Waals surface area contributed by atoms with E-state index in [0.717, 1.165) is 11.1 Å². The standard InChI is InChI=1S/C23H18ClN3O5/c1-3-31-21-9-6-14(12-19(21)27(29)30)22(28)25-17-11-15(5-7-16(17)24)23-26-18-10-13(2)4-8-20(18)32-23/h4-12H,3H2,1-2H3,(H,25,28). The minimum absolute atomic E-state index is 0.0963. The molecule has 1 heterocycles. The number of rotatable bonds is 6. The number of benzene rings is 3. The van der Waals surface area contributed by atoms with Crippen LogP contribution in [0.5, 0.6) is 5.75 Å². The van der Waals surface area contributed by atoms with Crippen LogP contribution >= 0.6 is 11.6 Å². The minimum Gasteiger partial charge on any atom is -0.487 e. The summed E-state index contributed by atoms with van der Waals surface area (Å²) in [6.45, 7) is 3.95. The number of amides is 1. The first-order chi connectivity index (χ1) is 15.4. The number of halogens is 1. The molecule has 32 heavy (non-hydrogen) atoms. The molecule has 0 aliphatic heterocycles. The third-order valence-corrected chi connectivity index (χ3v) is 5.05. The van der Waals surface area contributed by atoms with Gasteiger partial charge < -0.3 is 14.5 Å². The first-order valence-corrected chi connectivity index (χ1v) is 10.1. The highest BCUT2D eigenvalue weighted by molar-refractivity contribution is 6.34. The predicted octanol–water partition coefficient (Wildman–Crippen LogP) is 6.02. The molecule has 0 radical (unpaired) electrons. The molecule has 4 aromatic rings. The summed E-state index contributed by atoms with van der Waals surface area (Å²) in [7, 11) is 0. The first-order valence-electron chi connectivity index (χ1n) is 9.75. The van der Waals surface area contributed by atoms with Crippen LogP contribution in [-0.2, 0) is 0 Å². The summed E-state index contributed by atoms with van der Waals surface area (Å²) in [5, 5.41) is 14.3. The van der Waals surface area contributed by atoms with Crippen molar-refractivity contribution in [2.75, 3.05) is 11.9 Å². The Hall–Kier alpha value is -3.91. The number of anilines is 1. The van der Waals surface area contributed by atoms with Crippen molar-refractivity contribution in [2.24, 2.45) is 0 Å². The molecule has 0 saturated heterocycles. The molecule has 0 aliphatic rings. The van der Waals surface area contributed by atoms with Gasteiger partial charge in [-0.1, -0.05) is 17.7 Å². The molecule has 0 spiro atoms. The number of carbonyl (C=O) groups is 1. The van der Waals surface area contributed by atoms with Gasteiger partial charge in [0.2, 0.25) is 5.89 Å². The zero-order valence-electron chi connectivity index (χ0n) is 17.2. The van der Waals surface area contributed by atoms with Crippen LogP contribution in [0.1, 0.15) is 22.8 Å². The number of hydrogen-bond acceptors (Lipinski definition) is 6. The second-order valence-electron chi connectivity index (χ2n) is 7.01. The van der Waals surface area contributed by atoms with Gasteiger partial charge in [-0.05, 0) is 61.9 Å². The molecule has 0 fully saturated rings. The monoisotopic (exact) mass is 451 g/mol. The van der Waals surface area contributed by atoms with E-state index in [2.05, 4.69) is 10.3 Å². The van der Waals surface area contributed by atoms with Gasteiger partial charge in [0.05, 0.1) is 22.2 Å². The maximum atomic E-state index is 12.8. The molecule has 1 N–H and O–H groups in total. The SMILES string of the molecule is CCOc1ccc(C(=O)Nc2cc(-c3nc4cc(C)ccc4o3)ccc2Cl)cc1[N+](=O)[O-]. The Kier molecular flexibility index (Phi) is 5.79. The van der Waals surface area contributed by atoms with Crippen LogP contribution in [0, 0.1) is 17.0 Å². The van der Waals surface area contributed by atoms with E-state index in [9.17, 15) is 14.9 Å². The number of nitro benzene ring substituents is 1. The average Bonchev–Trinajstić information content (AvgIpc) is 3.18. The van der Waals surface area contributed by atoms with Gasteiger partial charge in [-0.15, -0.1) is 0 Å². The predicted molar refractivity (Wildman–Crippen MR) is 121 cm³/mol. The Morgan fingerprint density at radius 3 is 2.75 bits per heavy atom. The molecule has 0 unspecified atom stereocenters. The van der Waals surface area contributed by atoms with E-state index < -0.39 is 10.8 Å². The number of ether oxygens (including phenoxy) is 1. The summed E-state index contributed by atoms with van der Waals surface area (Å²) in [4.78, 5) is 28.0.